The molecule has 4 rings (SSSR count). The second-order valence-electron chi connectivity index (χ2n) is 8.45. The highest BCUT2D eigenvalue weighted by atomic mass is 16.5. The van der Waals surface area contributed by atoms with Gasteiger partial charge in [0.2, 0.25) is 0 Å². The Kier molecular flexibility index (Phi) is 4.74. The molecule has 0 saturated carbocycles. The number of benzene rings is 1. The summed E-state index contributed by atoms with van der Waals surface area (Å²) < 4.78 is 7.53. The fourth-order valence-corrected chi connectivity index (χ4v) is 5.04. The first kappa shape index (κ1) is 19.1. The Bertz CT molecular complexity index is 933. The van der Waals surface area contributed by atoms with Crippen LogP contribution in [0.15, 0.2) is 17.7 Å². The van der Waals surface area contributed by atoms with Crippen LogP contribution >= 0.6 is 0 Å². The van der Waals surface area contributed by atoms with Gasteiger partial charge in [-0.05, 0) is 70.2 Å². The summed E-state index contributed by atoms with van der Waals surface area (Å²) in [6, 6.07) is 5.31. The maximum absolute atomic E-state index is 5.38. The standard InChI is InChI=1S/C23H32N4O/c1-13-10-14(2)20(15(3)11-13)21-18(6)25-27-22(21)24-17(5)19-12-16(4)26(23(19)27)8-9-28-7/h10-11,16-17,24H,8-9,12H2,1-7H3. The number of rotatable bonds is 4. The van der Waals surface area contributed by atoms with Crippen LogP contribution in [0.3, 0.4) is 0 Å². The first-order valence-electron chi connectivity index (χ1n) is 10.3. The van der Waals surface area contributed by atoms with E-state index < -0.39 is 0 Å². The number of ether oxygens (including phenoxy) is 1. The van der Waals surface area contributed by atoms with E-state index in [4.69, 9.17) is 9.84 Å². The largest absolute Gasteiger partial charge is 0.383 e. The Morgan fingerprint density at radius 2 is 1.79 bits per heavy atom. The summed E-state index contributed by atoms with van der Waals surface area (Å²) in [5.41, 5.74) is 8.98. The minimum atomic E-state index is 0.304. The molecule has 5 nitrogen and oxygen atoms in total. The van der Waals surface area contributed by atoms with Crippen molar-refractivity contribution < 1.29 is 4.74 Å². The fraction of sp³-hybridized carbons (Fsp3) is 0.522. The zero-order valence-corrected chi connectivity index (χ0v) is 18.2. The number of aryl methyl sites for hydroxylation is 4. The van der Waals surface area contributed by atoms with Crippen LogP contribution in [0.25, 0.3) is 16.9 Å². The monoisotopic (exact) mass is 380 g/mol. The van der Waals surface area contributed by atoms with E-state index in [9.17, 15) is 0 Å². The summed E-state index contributed by atoms with van der Waals surface area (Å²) in [7, 11) is 1.77. The summed E-state index contributed by atoms with van der Waals surface area (Å²) in [6.45, 7) is 14.9. The van der Waals surface area contributed by atoms with Crippen LogP contribution < -0.4 is 5.32 Å². The first-order chi connectivity index (χ1) is 13.3. The Morgan fingerprint density at radius 1 is 1.11 bits per heavy atom. The molecule has 1 aromatic heterocycles. The molecule has 0 aliphatic carbocycles. The van der Waals surface area contributed by atoms with Gasteiger partial charge < -0.3 is 15.0 Å². The van der Waals surface area contributed by atoms with E-state index in [1.165, 1.54) is 39.2 Å². The van der Waals surface area contributed by atoms with Crippen molar-refractivity contribution in [2.45, 2.75) is 60.0 Å². The Labute approximate surface area is 168 Å². The van der Waals surface area contributed by atoms with Crippen molar-refractivity contribution >= 4 is 11.6 Å². The maximum atomic E-state index is 5.38. The van der Waals surface area contributed by atoms with Crippen molar-refractivity contribution in [3.63, 3.8) is 0 Å². The van der Waals surface area contributed by atoms with Gasteiger partial charge in [0, 0.05) is 31.3 Å². The van der Waals surface area contributed by atoms with Crippen LogP contribution in [-0.4, -0.2) is 47.0 Å². The smallest absolute Gasteiger partial charge is 0.140 e. The van der Waals surface area contributed by atoms with Crippen LogP contribution in [0.1, 0.15) is 42.7 Å². The molecule has 0 spiro atoms. The number of methoxy groups -OCH3 is 1. The predicted molar refractivity (Wildman–Crippen MR) is 116 cm³/mol. The number of anilines is 1. The third-order valence-corrected chi connectivity index (χ3v) is 6.21. The molecule has 0 amide bonds. The van der Waals surface area contributed by atoms with Crippen molar-refractivity contribution in [3.05, 3.63) is 40.1 Å². The fourth-order valence-electron chi connectivity index (χ4n) is 5.04. The number of nitrogens with one attached hydrogen (secondary N) is 1. The van der Waals surface area contributed by atoms with Gasteiger partial charge in [-0.1, -0.05) is 17.7 Å². The second-order valence-corrected chi connectivity index (χ2v) is 8.45. The van der Waals surface area contributed by atoms with Gasteiger partial charge in [0.25, 0.3) is 0 Å². The number of hydrogen-bond acceptors (Lipinski definition) is 4. The first-order valence-corrected chi connectivity index (χ1v) is 10.3. The van der Waals surface area contributed by atoms with Gasteiger partial charge >= 0.3 is 0 Å². The predicted octanol–water partition coefficient (Wildman–Crippen LogP) is 4.51. The molecule has 0 radical (unpaired) electrons. The summed E-state index contributed by atoms with van der Waals surface area (Å²) in [6.07, 6.45) is 1.07. The van der Waals surface area contributed by atoms with E-state index in [1.807, 2.05) is 0 Å². The topological polar surface area (TPSA) is 42.3 Å². The lowest BCUT2D eigenvalue weighted by atomic mass is 9.93. The van der Waals surface area contributed by atoms with Gasteiger partial charge in [-0.25, -0.2) is 4.68 Å². The van der Waals surface area contributed by atoms with Gasteiger partial charge in [-0.15, -0.1) is 0 Å². The van der Waals surface area contributed by atoms with Crippen LogP contribution in [0.4, 0.5) is 5.82 Å². The third kappa shape index (κ3) is 2.84. The van der Waals surface area contributed by atoms with Crippen LogP contribution in [-0.2, 0) is 4.74 Å². The minimum absolute atomic E-state index is 0.304. The molecule has 1 N–H and O–H groups in total. The molecule has 2 aliphatic rings. The van der Waals surface area contributed by atoms with E-state index >= 15 is 0 Å². The molecule has 2 atom stereocenters. The molecule has 0 fully saturated rings. The average Bonchev–Trinajstić information content (AvgIpc) is 3.10. The molecule has 0 saturated heterocycles. The van der Waals surface area contributed by atoms with E-state index in [2.05, 4.69) is 68.6 Å². The SMILES string of the molecule is COCCN1C2=C(CC1C)C(C)Nc1c(-c3c(C)cc(C)cc3C)c(C)nn12. The number of hydrogen-bond donors (Lipinski definition) is 1. The molecule has 150 valence electrons. The summed E-state index contributed by atoms with van der Waals surface area (Å²) in [4.78, 5) is 2.46. The number of fused-ring (bicyclic) bond motifs is 2. The molecule has 2 aliphatic heterocycles. The number of nitrogens with zero attached hydrogens (tertiary/aromatic N) is 3. The Balaban J connectivity index is 1.89. The second kappa shape index (κ2) is 6.96. The Hall–Kier alpha value is -2.27. The normalized spacial score (nSPS) is 21.0. The van der Waals surface area contributed by atoms with Gasteiger partial charge in [0.15, 0.2) is 0 Å². The lowest BCUT2D eigenvalue weighted by Gasteiger charge is -2.31. The molecule has 5 heteroatoms. The maximum Gasteiger partial charge on any atom is 0.140 e. The van der Waals surface area contributed by atoms with Crippen molar-refractivity contribution in [2.75, 3.05) is 25.6 Å². The van der Waals surface area contributed by atoms with Crippen molar-refractivity contribution in [2.24, 2.45) is 0 Å². The van der Waals surface area contributed by atoms with E-state index in [0.29, 0.717) is 12.1 Å². The van der Waals surface area contributed by atoms with Gasteiger partial charge in [-0.2, -0.15) is 5.10 Å². The summed E-state index contributed by atoms with van der Waals surface area (Å²) >= 11 is 0. The zero-order valence-electron chi connectivity index (χ0n) is 18.2. The highest BCUT2D eigenvalue weighted by molar-refractivity contribution is 5.86. The summed E-state index contributed by atoms with van der Waals surface area (Å²) in [5, 5.41) is 8.79. The molecular formula is C23H32N4O. The van der Waals surface area contributed by atoms with E-state index in [-0.39, 0.29) is 0 Å². The summed E-state index contributed by atoms with van der Waals surface area (Å²) in [5.74, 6) is 2.37. The molecule has 3 heterocycles. The van der Waals surface area contributed by atoms with Crippen LogP contribution in [0, 0.1) is 27.7 Å². The molecular weight excluding hydrogens is 348 g/mol. The van der Waals surface area contributed by atoms with Crippen molar-refractivity contribution in [1.82, 2.24) is 14.7 Å². The zero-order chi connectivity index (χ0) is 20.2. The van der Waals surface area contributed by atoms with E-state index in [0.717, 1.165) is 31.1 Å². The third-order valence-electron chi connectivity index (χ3n) is 6.21. The van der Waals surface area contributed by atoms with Crippen molar-refractivity contribution in [3.8, 4) is 11.1 Å². The molecule has 1 aromatic carbocycles. The highest BCUT2D eigenvalue weighted by Gasteiger charge is 2.38. The van der Waals surface area contributed by atoms with Crippen molar-refractivity contribution in [1.29, 1.82) is 0 Å². The number of aromatic nitrogens is 2. The molecule has 28 heavy (non-hydrogen) atoms. The highest BCUT2D eigenvalue weighted by Crippen LogP contribution is 2.45. The quantitative estimate of drug-likeness (QED) is 0.848. The molecule has 0 bridgehead atoms. The van der Waals surface area contributed by atoms with Crippen LogP contribution in [0.2, 0.25) is 0 Å². The Morgan fingerprint density at radius 3 is 2.43 bits per heavy atom. The minimum Gasteiger partial charge on any atom is -0.383 e. The van der Waals surface area contributed by atoms with Crippen LogP contribution in [0.5, 0.6) is 0 Å². The molecule has 2 aromatic rings. The van der Waals surface area contributed by atoms with Gasteiger partial charge in [-0.3, -0.25) is 0 Å². The molecule has 2 unspecified atom stereocenters. The van der Waals surface area contributed by atoms with Gasteiger partial charge in [0.1, 0.15) is 11.6 Å². The lowest BCUT2D eigenvalue weighted by molar-refractivity contribution is 0.161. The van der Waals surface area contributed by atoms with Gasteiger partial charge in [0.05, 0.1) is 12.3 Å². The lowest BCUT2D eigenvalue weighted by Crippen LogP contribution is -2.34. The van der Waals surface area contributed by atoms with E-state index in [1.54, 1.807) is 7.11 Å². The average molecular weight is 381 g/mol.